The lowest BCUT2D eigenvalue weighted by Gasteiger charge is -2.06. The number of amides is 1. The summed E-state index contributed by atoms with van der Waals surface area (Å²) in [6, 6.07) is 19.9. The smallest absolute Gasteiger partial charge is 0.279 e. The highest BCUT2D eigenvalue weighted by molar-refractivity contribution is 8.00. The van der Waals surface area contributed by atoms with Gasteiger partial charge in [0.15, 0.2) is 10.0 Å². The number of hydrogen-bond donors (Lipinski definition) is 1. The number of rotatable bonds is 7. The predicted molar refractivity (Wildman–Crippen MR) is 117 cm³/mol. The van der Waals surface area contributed by atoms with Gasteiger partial charge in [-0.15, -0.1) is 15.3 Å². The van der Waals surface area contributed by atoms with Gasteiger partial charge in [0.2, 0.25) is 5.13 Å². The standard InChI is InChI=1S/C21H18N6OS2/c28-19(22-20-24-25-21(30-20)29-13-14-7-3-1-4-8-14)17-18(15-11-12-15)27(26-23-17)16-9-5-2-6-10-16/h1-10,15H,11-13H2,(H,22,24,28). The Morgan fingerprint density at radius 1 is 1.03 bits per heavy atom. The van der Waals surface area contributed by atoms with Crippen LogP contribution in [0, 0.1) is 0 Å². The first-order valence-electron chi connectivity index (χ1n) is 9.60. The van der Waals surface area contributed by atoms with Gasteiger partial charge in [-0.2, -0.15) is 0 Å². The second kappa shape index (κ2) is 8.37. The third-order valence-corrected chi connectivity index (χ3v) is 6.76. The maximum atomic E-state index is 12.9. The van der Waals surface area contributed by atoms with Gasteiger partial charge in [-0.25, -0.2) is 4.68 Å². The second-order valence-electron chi connectivity index (χ2n) is 6.95. The lowest BCUT2D eigenvalue weighted by molar-refractivity contribution is 0.102. The van der Waals surface area contributed by atoms with Gasteiger partial charge < -0.3 is 0 Å². The molecule has 4 aromatic rings. The van der Waals surface area contributed by atoms with Crippen LogP contribution in [0.5, 0.6) is 0 Å². The molecule has 7 nitrogen and oxygen atoms in total. The lowest BCUT2D eigenvalue weighted by Crippen LogP contribution is -2.15. The van der Waals surface area contributed by atoms with Gasteiger partial charge >= 0.3 is 0 Å². The number of aromatic nitrogens is 5. The molecular formula is C21H18N6OS2. The molecule has 30 heavy (non-hydrogen) atoms. The average molecular weight is 435 g/mol. The first-order chi connectivity index (χ1) is 14.8. The van der Waals surface area contributed by atoms with Crippen LogP contribution in [0.2, 0.25) is 0 Å². The number of anilines is 1. The quantitative estimate of drug-likeness (QED) is 0.339. The molecule has 0 unspecified atom stereocenters. The number of para-hydroxylation sites is 1. The maximum absolute atomic E-state index is 12.9. The number of hydrogen-bond acceptors (Lipinski definition) is 7. The largest absolute Gasteiger partial charge is 0.295 e. The van der Waals surface area contributed by atoms with Crippen molar-refractivity contribution >= 4 is 34.1 Å². The van der Waals surface area contributed by atoms with Gasteiger partial charge in [0, 0.05) is 11.7 Å². The summed E-state index contributed by atoms with van der Waals surface area (Å²) in [7, 11) is 0. The van der Waals surface area contributed by atoms with Gasteiger partial charge in [0.25, 0.3) is 5.91 Å². The van der Waals surface area contributed by atoms with E-state index >= 15 is 0 Å². The Hall–Kier alpha value is -3.04. The highest BCUT2D eigenvalue weighted by Gasteiger charge is 2.34. The molecule has 1 fully saturated rings. The van der Waals surface area contributed by atoms with E-state index in [4.69, 9.17) is 0 Å². The van der Waals surface area contributed by atoms with Gasteiger partial charge in [-0.05, 0) is 30.5 Å². The number of carbonyl (C=O) groups is 1. The van der Waals surface area contributed by atoms with E-state index in [0.717, 1.165) is 34.3 Å². The third-order valence-electron chi connectivity index (χ3n) is 4.72. The fourth-order valence-electron chi connectivity index (χ4n) is 3.13. The zero-order valence-corrected chi connectivity index (χ0v) is 17.6. The first kappa shape index (κ1) is 19.0. The second-order valence-corrected chi connectivity index (χ2v) is 9.15. The average Bonchev–Trinajstić information content (AvgIpc) is 3.37. The van der Waals surface area contributed by atoms with Crippen LogP contribution in [0.4, 0.5) is 5.13 Å². The summed E-state index contributed by atoms with van der Waals surface area (Å²) in [5.41, 5.74) is 3.34. The molecule has 2 aromatic carbocycles. The van der Waals surface area contributed by atoms with Crippen molar-refractivity contribution in [1.29, 1.82) is 0 Å². The number of nitrogens with one attached hydrogen (secondary N) is 1. The van der Waals surface area contributed by atoms with E-state index in [1.54, 1.807) is 16.4 Å². The molecule has 0 saturated heterocycles. The summed E-state index contributed by atoms with van der Waals surface area (Å²) in [6.45, 7) is 0. The monoisotopic (exact) mass is 434 g/mol. The molecule has 1 amide bonds. The lowest BCUT2D eigenvalue weighted by atomic mass is 10.2. The molecule has 5 rings (SSSR count). The Bertz CT molecular complexity index is 1150. The third kappa shape index (κ3) is 4.12. The minimum Gasteiger partial charge on any atom is -0.295 e. The van der Waals surface area contributed by atoms with Crippen molar-refractivity contribution in [2.75, 3.05) is 5.32 Å². The molecule has 2 aromatic heterocycles. The van der Waals surface area contributed by atoms with Crippen molar-refractivity contribution in [2.45, 2.75) is 28.9 Å². The SMILES string of the molecule is O=C(Nc1nnc(SCc2ccccc2)s1)c1nnn(-c2ccccc2)c1C1CC1. The molecule has 1 aliphatic rings. The van der Waals surface area contributed by atoms with Crippen molar-refractivity contribution in [2.24, 2.45) is 0 Å². The van der Waals surface area contributed by atoms with Crippen LogP contribution in [-0.2, 0) is 5.75 Å². The fourth-order valence-corrected chi connectivity index (χ4v) is 4.83. The minimum atomic E-state index is -0.296. The van der Waals surface area contributed by atoms with Crippen LogP contribution in [0.1, 0.15) is 40.5 Å². The number of benzene rings is 2. The maximum Gasteiger partial charge on any atom is 0.279 e. The highest BCUT2D eigenvalue weighted by atomic mass is 32.2. The van der Waals surface area contributed by atoms with E-state index in [1.165, 1.54) is 16.9 Å². The zero-order valence-electron chi connectivity index (χ0n) is 15.9. The van der Waals surface area contributed by atoms with Crippen LogP contribution >= 0.6 is 23.1 Å². The number of nitrogens with zero attached hydrogens (tertiary/aromatic N) is 5. The first-order valence-corrected chi connectivity index (χ1v) is 11.4. The molecule has 0 radical (unpaired) electrons. The van der Waals surface area contributed by atoms with E-state index in [-0.39, 0.29) is 5.91 Å². The molecule has 0 aliphatic heterocycles. The van der Waals surface area contributed by atoms with Crippen molar-refractivity contribution in [1.82, 2.24) is 25.2 Å². The number of carbonyl (C=O) groups excluding carboxylic acids is 1. The van der Waals surface area contributed by atoms with Crippen molar-refractivity contribution in [3.05, 3.63) is 77.6 Å². The van der Waals surface area contributed by atoms with Crippen molar-refractivity contribution in [3.8, 4) is 5.69 Å². The van der Waals surface area contributed by atoms with Crippen LogP contribution in [-0.4, -0.2) is 31.1 Å². The summed E-state index contributed by atoms with van der Waals surface area (Å²) >= 11 is 2.96. The van der Waals surface area contributed by atoms with E-state index in [0.29, 0.717) is 16.7 Å². The van der Waals surface area contributed by atoms with Crippen LogP contribution < -0.4 is 5.32 Å². The van der Waals surface area contributed by atoms with Gasteiger partial charge in [0.05, 0.1) is 11.4 Å². The van der Waals surface area contributed by atoms with Crippen LogP contribution in [0.3, 0.4) is 0 Å². The van der Waals surface area contributed by atoms with E-state index < -0.39 is 0 Å². The molecular weight excluding hydrogens is 416 g/mol. The molecule has 1 saturated carbocycles. The van der Waals surface area contributed by atoms with E-state index in [2.05, 4.69) is 38.0 Å². The molecule has 0 bridgehead atoms. The molecule has 2 heterocycles. The topological polar surface area (TPSA) is 85.6 Å². The molecule has 0 spiro atoms. The Kier molecular flexibility index (Phi) is 5.29. The van der Waals surface area contributed by atoms with E-state index in [1.807, 2.05) is 48.5 Å². The Morgan fingerprint density at radius 2 is 1.77 bits per heavy atom. The molecule has 0 atom stereocenters. The molecule has 1 N–H and O–H groups in total. The summed E-state index contributed by atoms with van der Waals surface area (Å²) in [4.78, 5) is 12.9. The molecule has 1 aliphatic carbocycles. The molecule has 9 heteroatoms. The van der Waals surface area contributed by atoms with E-state index in [9.17, 15) is 4.79 Å². The Labute approximate surface area is 181 Å². The van der Waals surface area contributed by atoms with Gasteiger partial charge in [0.1, 0.15) is 0 Å². The summed E-state index contributed by atoms with van der Waals surface area (Å²) < 4.78 is 2.58. The van der Waals surface area contributed by atoms with Crippen LogP contribution in [0.25, 0.3) is 5.69 Å². The Morgan fingerprint density at radius 3 is 2.50 bits per heavy atom. The number of thioether (sulfide) groups is 1. The van der Waals surface area contributed by atoms with Crippen LogP contribution in [0.15, 0.2) is 65.0 Å². The normalized spacial score (nSPS) is 13.3. The molecule has 150 valence electrons. The highest BCUT2D eigenvalue weighted by Crippen LogP contribution is 2.42. The minimum absolute atomic E-state index is 0.296. The van der Waals surface area contributed by atoms with Crippen molar-refractivity contribution in [3.63, 3.8) is 0 Å². The zero-order chi connectivity index (χ0) is 20.3. The van der Waals surface area contributed by atoms with Gasteiger partial charge in [-0.1, -0.05) is 76.8 Å². The summed E-state index contributed by atoms with van der Waals surface area (Å²) in [5.74, 6) is 0.822. The Balaban J connectivity index is 1.30. The summed E-state index contributed by atoms with van der Waals surface area (Å²) in [6.07, 6.45) is 2.08. The predicted octanol–water partition coefficient (Wildman–Crippen LogP) is 4.54. The van der Waals surface area contributed by atoms with Gasteiger partial charge in [-0.3, -0.25) is 10.1 Å². The fraction of sp³-hybridized carbons (Fsp3) is 0.190. The summed E-state index contributed by atoms with van der Waals surface area (Å²) in [5, 5.41) is 20.0. The van der Waals surface area contributed by atoms with Crippen molar-refractivity contribution < 1.29 is 4.79 Å².